The third-order valence-electron chi connectivity index (χ3n) is 6.42. The van der Waals surface area contributed by atoms with Crippen molar-refractivity contribution >= 4 is 22.7 Å². The summed E-state index contributed by atoms with van der Waals surface area (Å²) in [6, 6.07) is 14.8. The van der Waals surface area contributed by atoms with Gasteiger partial charge in [0.1, 0.15) is 0 Å². The topological polar surface area (TPSA) is 94.1 Å². The van der Waals surface area contributed by atoms with Crippen molar-refractivity contribution in [2.75, 3.05) is 68.1 Å². The zero-order valence-corrected chi connectivity index (χ0v) is 16.8. The smallest absolute Gasteiger partial charge is 0.269 e. The minimum atomic E-state index is -0.374. The second-order valence-corrected chi connectivity index (χ2v) is 9.06. The average molecular weight is 430 g/mol. The predicted octanol–water partition coefficient (Wildman–Crippen LogP) is 3.42. The lowest BCUT2D eigenvalue weighted by Crippen LogP contribution is -2.66. The molecule has 0 atom stereocenters. The summed E-state index contributed by atoms with van der Waals surface area (Å²) < 4.78 is 10.4. The lowest BCUT2D eigenvalue weighted by Gasteiger charge is -2.56. The Labute approximate surface area is 184 Å². The molecule has 0 aromatic heterocycles. The van der Waals surface area contributed by atoms with E-state index in [0.717, 1.165) is 64.0 Å². The monoisotopic (exact) mass is 429 g/mol. The van der Waals surface area contributed by atoms with Crippen LogP contribution in [0.1, 0.15) is 8.85 Å². The van der Waals surface area contributed by atoms with Crippen LogP contribution in [0.15, 0.2) is 48.5 Å². The Hall–Kier alpha value is -2.84. The van der Waals surface area contributed by atoms with Crippen molar-refractivity contribution in [1.82, 2.24) is 0 Å². The van der Waals surface area contributed by atoms with E-state index in [1.54, 1.807) is 12.1 Å². The summed E-state index contributed by atoms with van der Waals surface area (Å²) in [6.45, 7) is 7.88. The third kappa shape index (κ3) is 4.05. The number of nitrogens with zero attached hydrogens (tertiary/aromatic N) is 3. The number of non-ortho nitro benzene ring substituents is 1. The molecule has 0 amide bonds. The van der Waals surface area contributed by atoms with E-state index in [1.165, 1.54) is 5.69 Å². The highest BCUT2D eigenvalue weighted by Gasteiger charge is 2.49. The number of benzene rings is 2. The number of nitro groups is 1. The molecule has 0 bridgehead atoms. The first-order valence-electron chi connectivity index (χ1n) is 10.2. The van der Waals surface area contributed by atoms with E-state index in [0.29, 0.717) is 10.8 Å². The molecular weight excluding hydrogens is 396 g/mol. The van der Waals surface area contributed by atoms with Crippen molar-refractivity contribution in [3.8, 4) is 0 Å². The van der Waals surface area contributed by atoms with E-state index in [2.05, 4.69) is 21.9 Å². The van der Waals surface area contributed by atoms with Crippen LogP contribution in [-0.4, -0.2) is 57.5 Å². The van der Waals surface area contributed by atoms with Gasteiger partial charge >= 0.3 is 0 Å². The van der Waals surface area contributed by atoms with Crippen LogP contribution in [0.25, 0.3) is 0 Å². The lowest BCUT2D eigenvalue weighted by atomic mass is 9.78. The molecule has 4 fully saturated rings. The second-order valence-electron chi connectivity index (χ2n) is 9.06. The summed E-state index contributed by atoms with van der Waals surface area (Å²) in [5, 5.41) is 10.5. The van der Waals surface area contributed by atoms with Crippen LogP contribution in [0.3, 0.4) is 0 Å². The molecule has 0 radical (unpaired) electrons. The third-order valence-corrected chi connectivity index (χ3v) is 6.42. The van der Waals surface area contributed by atoms with Gasteiger partial charge in [0.25, 0.3) is 5.69 Å². The highest BCUT2D eigenvalue weighted by atomic mass is 16.6. The summed E-state index contributed by atoms with van der Waals surface area (Å²) in [5.74, 6) is 0. The van der Waals surface area contributed by atoms with E-state index >= 15 is 0 Å². The van der Waals surface area contributed by atoms with E-state index in [-0.39, 0.29) is 19.5 Å². The number of nitrogen functional groups attached to an aromatic ring is 1. The molecule has 4 heterocycles. The molecule has 2 N–H and O–H groups in total. The van der Waals surface area contributed by atoms with Crippen LogP contribution in [-0.2, 0) is 9.47 Å². The Morgan fingerprint density at radius 3 is 1.52 bits per heavy atom. The number of hydrogen-bond acceptors (Lipinski definition) is 7. The van der Waals surface area contributed by atoms with Crippen molar-refractivity contribution in [2.24, 2.45) is 10.8 Å². The Morgan fingerprint density at radius 2 is 1.19 bits per heavy atom. The Bertz CT molecular complexity index is 914. The SMILES string of the molecule is C.Nc1ccc(N2CC3(COC3)C2)cc1.O=[N+]([O-])c1ccc(N2CC3(COC3)C2)cc1.[2HH]. The van der Waals surface area contributed by atoms with E-state index < -0.39 is 0 Å². The van der Waals surface area contributed by atoms with Crippen LogP contribution in [0.2, 0.25) is 0 Å². The maximum Gasteiger partial charge on any atom is 0.269 e. The van der Waals surface area contributed by atoms with Crippen molar-refractivity contribution in [3.05, 3.63) is 58.6 Å². The van der Waals surface area contributed by atoms with Gasteiger partial charge in [-0.05, 0) is 36.4 Å². The molecule has 8 nitrogen and oxygen atoms in total. The van der Waals surface area contributed by atoms with E-state index in [1.807, 2.05) is 24.3 Å². The Morgan fingerprint density at radius 1 is 0.806 bits per heavy atom. The summed E-state index contributed by atoms with van der Waals surface area (Å²) in [6.07, 6.45) is 0. The molecule has 0 unspecified atom stereocenters. The van der Waals surface area contributed by atoms with Gasteiger partial charge in [-0.15, -0.1) is 0 Å². The van der Waals surface area contributed by atoms with Gasteiger partial charge in [0, 0.05) is 56.8 Å². The predicted molar refractivity (Wildman–Crippen MR) is 124 cm³/mol. The minimum Gasteiger partial charge on any atom is -0.399 e. The van der Waals surface area contributed by atoms with Crippen LogP contribution >= 0.6 is 0 Å². The van der Waals surface area contributed by atoms with Gasteiger partial charge in [0.05, 0.1) is 42.2 Å². The van der Waals surface area contributed by atoms with Gasteiger partial charge < -0.3 is 25.0 Å². The first-order valence-corrected chi connectivity index (χ1v) is 10.2. The van der Waals surface area contributed by atoms with Crippen LogP contribution in [0.4, 0.5) is 22.7 Å². The second kappa shape index (κ2) is 8.01. The fourth-order valence-electron chi connectivity index (χ4n) is 4.51. The molecule has 8 heteroatoms. The summed E-state index contributed by atoms with van der Waals surface area (Å²) in [5.41, 5.74) is 9.81. The van der Waals surface area contributed by atoms with Gasteiger partial charge in [0.2, 0.25) is 0 Å². The van der Waals surface area contributed by atoms with Gasteiger partial charge in [-0.2, -0.15) is 0 Å². The highest BCUT2D eigenvalue weighted by molar-refractivity contribution is 5.55. The molecule has 0 aliphatic carbocycles. The molecule has 4 aliphatic rings. The van der Waals surface area contributed by atoms with Gasteiger partial charge in [-0.25, -0.2) is 0 Å². The fraction of sp³-hybridized carbons (Fsp3) is 0.478. The van der Waals surface area contributed by atoms with E-state index in [4.69, 9.17) is 15.2 Å². The summed E-state index contributed by atoms with van der Waals surface area (Å²) in [7, 11) is 0. The Kier molecular flexibility index (Phi) is 5.53. The summed E-state index contributed by atoms with van der Waals surface area (Å²) in [4.78, 5) is 14.7. The first-order chi connectivity index (χ1) is 14.5. The minimum absolute atomic E-state index is 0. The molecule has 168 valence electrons. The Balaban J connectivity index is 0.000000171. The molecule has 2 aromatic rings. The molecule has 6 rings (SSSR count). The van der Waals surface area contributed by atoms with Gasteiger partial charge in [-0.3, -0.25) is 10.1 Å². The quantitative estimate of drug-likeness (QED) is 0.454. The van der Waals surface area contributed by atoms with Crippen molar-refractivity contribution in [2.45, 2.75) is 7.43 Å². The standard InChI is InChI=1S/C11H12N2O3.C11H14N2O.CH4.H2/c14-13(15)10-3-1-9(2-4-10)12-5-11(6-12)7-16-8-11;12-9-1-3-10(4-2-9)13-5-11(6-13)7-14-8-11;;/h1-4H,5-8H2;1-4H,5-8,12H2;1H4;1H/i;;;1+1. The fourth-order valence-corrected chi connectivity index (χ4v) is 4.51. The first kappa shape index (κ1) is 21.4. The molecular formula is C23H32N4O4. The van der Waals surface area contributed by atoms with Crippen molar-refractivity contribution in [3.63, 3.8) is 0 Å². The number of ether oxygens (including phenoxy) is 2. The average Bonchev–Trinajstić information content (AvgIpc) is 2.60. The number of anilines is 3. The zero-order valence-electron chi connectivity index (χ0n) is 16.8. The van der Waals surface area contributed by atoms with E-state index in [9.17, 15) is 10.1 Å². The molecule has 0 saturated carbocycles. The zero-order chi connectivity index (χ0) is 20.8. The molecule has 31 heavy (non-hydrogen) atoms. The molecule has 4 aliphatic heterocycles. The van der Waals surface area contributed by atoms with Crippen LogP contribution < -0.4 is 15.5 Å². The largest absolute Gasteiger partial charge is 0.399 e. The molecule has 4 saturated heterocycles. The van der Waals surface area contributed by atoms with Crippen LogP contribution in [0, 0.1) is 20.9 Å². The normalized spacial score (nSPS) is 21.4. The number of nitrogens with two attached hydrogens (primary N) is 1. The molecule has 2 aromatic carbocycles. The highest BCUT2D eigenvalue weighted by Crippen LogP contribution is 2.41. The number of hydrogen-bond donors (Lipinski definition) is 1. The maximum atomic E-state index is 10.5. The number of rotatable bonds is 3. The van der Waals surface area contributed by atoms with Gasteiger partial charge in [0.15, 0.2) is 0 Å². The maximum absolute atomic E-state index is 10.5. The summed E-state index contributed by atoms with van der Waals surface area (Å²) >= 11 is 0. The van der Waals surface area contributed by atoms with Crippen molar-refractivity contribution < 1.29 is 15.8 Å². The number of nitro benzene ring substituents is 1. The molecule has 2 spiro atoms. The van der Waals surface area contributed by atoms with Crippen molar-refractivity contribution in [1.29, 1.82) is 0 Å². The van der Waals surface area contributed by atoms with Gasteiger partial charge in [-0.1, -0.05) is 7.43 Å². The van der Waals surface area contributed by atoms with Crippen LogP contribution in [0.5, 0.6) is 0 Å². The lowest BCUT2D eigenvalue weighted by molar-refractivity contribution is -0.384.